The molecule has 0 unspecified atom stereocenters. The summed E-state index contributed by atoms with van der Waals surface area (Å²) in [6.45, 7) is 0. The summed E-state index contributed by atoms with van der Waals surface area (Å²) in [6, 6.07) is 3.38. The average Bonchev–Trinajstić information content (AvgIpc) is 2.39. The van der Waals surface area contributed by atoms with Gasteiger partial charge < -0.3 is 10.6 Å². The summed E-state index contributed by atoms with van der Waals surface area (Å²) in [5.74, 6) is 0.324. The highest BCUT2D eigenvalue weighted by molar-refractivity contribution is 7.99. The molecule has 0 bridgehead atoms. The number of thiocarbonyl (C=S) groups is 1. The number of nitrogens with zero attached hydrogens (tertiary/aromatic N) is 4. The van der Waals surface area contributed by atoms with E-state index in [1.54, 1.807) is 31.6 Å². The third kappa shape index (κ3) is 4.27. The number of nitrogens with one attached hydrogen (secondary N) is 2. The number of aromatic nitrogens is 4. The first-order valence-electron chi connectivity index (χ1n) is 5.15. The van der Waals surface area contributed by atoms with Crippen LogP contribution in [0.2, 0.25) is 5.15 Å². The third-order valence-corrected chi connectivity index (χ3v) is 3.17. The molecule has 0 radical (unpaired) electrons. The lowest BCUT2D eigenvalue weighted by molar-refractivity contribution is 0.957. The highest BCUT2D eigenvalue weighted by atomic mass is 35.5. The number of rotatable bonds is 3. The first kappa shape index (κ1) is 13.9. The van der Waals surface area contributed by atoms with Gasteiger partial charge in [0.05, 0.1) is 0 Å². The third-order valence-electron chi connectivity index (χ3n) is 1.86. The quantitative estimate of drug-likeness (QED) is 0.506. The zero-order chi connectivity index (χ0) is 13.7. The Morgan fingerprint density at radius 3 is 2.74 bits per heavy atom. The Morgan fingerprint density at radius 1 is 1.32 bits per heavy atom. The second-order valence-electron chi connectivity index (χ2n) is 3.19. The van der Waals surface area contributed by atoms with Gasteiger partial charge in [0, 0.05) is 25.5 Å². The van der Waals surface area contributed by atoms with Gasteiger partial charge in [0.1, 0.15) is 10.2 Å². The van der Waals surface area contributed by atoms with Crippen LogP contribution in [0, 0.1) is 0 Å². The molecule has 9 heteroatoms. The number of hydrogen-bond acceptors (Lipinski definition) is 6. The summed E-state index contributed by atoms with van der Waals surface area (Å²) in [6.07, 6.45) is 3.32. The fraction of sp³-hybridized carbons (Fsp3) is 0.100. The summed E-state index contributed by atoms with van der Waals surface area (Å²) in [4.78, 5) is 16.5. The largest absolute Gasteiger partial charge is 0.365 e. The van der Waals surface area contributed by atoms with Crippen molar-refractivity contribution >= 4 is 46.6 Å². The Labute approximate surface area is 124 Å². The molecule has 2 aromatic heterocycles. The minimum absolute atomic E-state index is 0.315. The maximum absolute atomic E-state index is 5.93. The van der Waals surface area contributed by atoms with Gasteiger partial charge in [0.2, 0.25) is 5.95 Å². The highest BCUT2D eigenvalue weighted by Crippen LogP contribution is 2.24. The van der Waals surface area contributed by atoms with E-state index in [0.29, 0.717) is 26.4 Å². The van der Waals surface area contributed by atoms with Crippen molar-refractivity contribution in [3.8, 4) is 0 Å². The van der Waals surface area contributed by atoms with Gasteiger partial charge in [-0.2, -0.15) is 0 Å². The predicted octanol–water partition coefficient (Wildman–Crippen LogP) is 1.99. The van der Waals surface area contributed by atoms with Gasteiger partial charge in [-0.15, -0.1) is 0 Å². The van der Waals surface area contributed by atoms with Crippen LogP contribution < -0.4 is 10.6 Å². The van der Waals surface area contributed by atoms with Crippen LogP contribution in [0.3, 0.4) is 0 Å². The van der Waals surface area contributed by atoms with Crippen LogP contribution in [-0.4, -0.2) is 32.1 Å². The minimum atomic E-state index is 0.315. The van der Waals surface area contributed by atoms with Gasteiger partial charge in [0.15, 0.2) is 10.3 Å². The lowest BCUT2D eigenvalue weighted by atomic mass is 10.6. The molecule has 2 aromatic rings. The fourth-order valence-electron chi connectivity index (χ4n) is 1.10. The van der Waals surface area contributed by atoms with Gasteiger partial charge in [-0.1, -0.05) is 11.6 Å². The molecule has 2 rings (SSSR count). The smallest absolute Gasteiger partial charge is 0.231 e. The second kappa shape index (κ2) is 6.60. The molecule has 0 atom stereocenters. The van der Waals surface area contributed by atoms with Gasteiger partial charge in [-0.05, 0) is 30.0 Å². The van der Waals surface area contributed by atoms with E-state index in [9.17, 15) is 0 Å². The van der Waals surface area contributed by atoms with Gasteiger partial charge in [-0.25, -0.2) is 19.9 Å². The van der Waals surface area contributed by atoms with E-state index in [2.05, 4.69) is 30.6 Å². The van der Waals surface area contributed by atoms with Crippen molar-refractivity contribution in [2.75, 3.05) is 12.4 Å². The van der Waals surface area contributed by atoms with Crippen LogP contribution in [0.15, 0.2) is 34.7 Å². The molecule has 0 aliphatic heterocycles. The molecule has 98 valence electrons. The van der Waals surface area contributed by atoms with Crippen LogP contribution in [0.4, 0.5) is 5.95 Å². The van der Waals surface area contributed by atoms with E-state index in [4.69, 9.17) is 23.8 Å². The molecule has 6 nitrogen and oxygen atoms in total. The minimum Gasteiger partial charge on any atom is -0.365 e. The van der Waals surface area contributed by atoms with Crippen LogP contribution in [0.5, 0.6) is 0 Å². The molecule has 19 heavy (non-hydrogen) atoms. The summed E-state index contributed by atoms with van der Waals surface area (Å²) in [5, 5.41) is 7.53. The van der Waals surface area contributed by atoms with E-state index in [-0.39, 0.29) is 0 Å². The lowest BCUT2D eigenvalue weighted by Gasteiger charge is -2.07. The first-order valence-corrected chi connectivity index (χ1v) is 6.76. The van der Waals surface area contributed by atoms with Crippen molar-refractivity contribution < 1.29 is 0 Å². The molecule has 2 N–H and O–H groups in total. The van der Waals surface area contributed by atoms with Gasteiger partial charge in [-0.3, -0.25) is 0 Å². The topological polar surface area (TPSA) is 75.6 Å². The normalized spacial score (nSPS) is 10.0. The molecule has 0 fully saturated rings. The SMILES string of the molecule is CNC(=S)Nc1nc(Cl)cc(Sc2ncccn2)n1. The van der Waals surface area contributed by atoms with Crippen LogP contribution in [-0.2, 0) is 0 Å². The monoisotopic (exact) mass is 312 g/mol. The summed E-state index contributed by atoms with van der Waals surface area (Å²) < 4.78 is 0. The molecular formula is C10H9ClN6S2. The molecule has 0 saturated heterocycles. The number of anilines is 1. The van der Waals surface area contributed by atoms with E-state index >= 15 is 0 Å². The van der Waals surface area contributed by atoms with Crippen molar-refractivity contribution in [3.63, 3.8) is 0 Å². The Hall–Kier alpha value is -1.51. The zero-order valence-electron chi connectivity index (χ0n) is 9.79. The van der Waals surface area contributed by atoms with Crippen LogP contribution >= 0.6 is 35.6 Å². The van der Waals surface area contributed by atoms with Crippen molar-refractivity contribution in [2.24, 2.45) is 0 Å². The maximum atomic E-state index is 5.93. The molecule has 0 aliphatic rings. The van der Waals surface area contributed by atoms with Crippen molar-refractivity contribution in [1.82, 2.24) is 25.3 Å². The van der Waals surface area contributed by atoms with Crippen molar-refractivity contribution in [2.45, 2.75) is 10.2 Å². The van der Waals surface area contributed by atoms with Gasteiger partial charge >= 0.3 is 0 Å². The summed E-state index contributed by atoms with van der Waals surface area (Å²) in [7, 11) is 1.70. The summed E-state index contributed by atoms with van der Waals surface area (Å²) in [5.41, 5.74) is 0. The average molecular weight is 313 g/mol. The van der Waals surface area contributed by atoms with E-state index in [0.717, 1.165) is 0 Å². The van der Waals surface area contributed by atoms with E-state index in [1.807, 2.05) is 0 Å². The number of halogens is 1. The Kier molecular flexibility index (Phi) is 4.83. The fourth-order valence-corrected chi connectivity index (χ4v) is 2.16. The number of hydrogen-bond donors (Lipinski definition) is 2. The molecule has 0 aromatic carbocycles. The Bertz CT molecular complexity index is 579. The maximum Gasteiger partial charge on any atom is 0.231 e. The summed E-state index contributed by atoms with van der Waals surface area (Å²) >= 11 is 12.2. The zero-order valence-corrected chi connectivity index (χ0v) is 12.2. The van der Waals surface area contributed by atoms with E-state index < -0.39 is 0 Å². The Morgan fingerprint density at radius 2 is 2.05 bits per heavy atom. The molecule has 0 saturated carbocycles. The van der Waals surface area contributed by atoms with Crippen molar-refractivity contribution in [3.05, 3.63) is 29.7 Å². The van der Waals surface area contributed by atoms with Crippen LogP contribution in [0.1, 0.15) is 0 Å². The molecule has 0 spiro atoms. The second-order valence-corrected chi connectivity index (χ2v) is 4.97. The Balaban J connectivity index is 2.19. The van der Waals surface area contributed by atoms with Gasteiger partial charge in [0.25, 0.3) is 0 Å². The molecule has 0 aliphatic carbocycles. The molecule has 2 heterocycles. The van der Waals surface area contributed by atoms with Crippen LogP contribution in [0.25, 0.3) is 0 Å². The first-order chi connectivity index (χ1) is 9.17. The standard InChI is InChI=1S/C10H9ClN6S2/c1-12-9(18)17-8-15-6(11)5-7(16-8)19-10-13-3-2-4-14-10/h2-5H,1H3,(H2,12,15,16,17,18). The predicted molar refractivity (Wildman–Crippen MR) is 78.5 cm³/mol. The molecular weight excluding hydrogens is 304 g/mol. The highest BCUT2D eigenvalue weighted by Gasteiger charge is 2.07. The van der Waals surface area contributed by atoms with E-state index in [1.165, 1.54) is 11.8 Å². The molecule has 0 amide bonds. The lowest BCUT2D eigenvalue weighted by Crippen LogP contribution is -2.25. The van der Waals surface area contributed by atoms with Crippen molar-refractivity contribution in [1.29, 1.82) is 0 Å².